The van der Waals surface area contributed by atoms with Gasteiger partial charge in [0.1, 0.15) is 5.66 Å². The van der Waals surface area contributed by atoms with Gasteiger partial charge in [-0.1, -0.05) is 30.1 Å². The predicted molar refractivity (Wildman–Crippen MR) is 65.8 cm³/mol. The molecule has 0 radical (unpaired) electrons. The molecule has 0 aromatic carbocycles. The quantitative estimate of drug-likeness (QED) is 0.722. The van der Waals surface area contributed by atoms with Crippen LogP contribution >= 0.6 is 23.2 Å². The van der Waals surface area contributed by atoms with Gasteiger partial charge in [0.25, 0.3) is 5.91 Å². The Hall–Kier alpha value is -0.480. The molecule has 17 heavy (non-hydrogen) atoms. The van der Waals surface area contributed by atoms with Crippen molar-refractivity contribution < 1.29 is 9.59 Å². The van der Waals surface area contributed by atoms with Gasteiger partial charge in [-0.05, 0) is 19.3 Å². The van der Waals surface area contributed by atoms with Crippen LogP contribution in [0.25, 0.3) is 0 Å². The van der Waals surface area contributed by atoms with Crippen LogP contribution in [0.3, 0.4) is 0 Å². The van der Waals surface area contributed by atoms with Gasteiger partial charge in [0, 0.05) is 19.5 Å². The topological polar surface area (TPSA) is 40.6 Å². The first-order valence-corrected chi connectivity index (χ1v) is 6.80. The van der Waals surface area contributed by atoms with E-state index in [1.165, 1.54) is 0 Å². The second-order valence-corrected chi connectivity index (χ2v) is 5.62. The van der Waals surface area contributed by atoms with E-state index in [1.807, 2.05) is 11.8 Å². The maximum absolute atomic E-state index is 12.0. The van der Waals surface area contributed by atoms with Crippen molar-refractivity contribution >= 4 is 35.0 Å². The van der Waals surface area contributed by atoms with Gasteiger partial charge in [0.15, 0.2) is 4.84 Å². The van der Waals surface area contributed by atoms with Crippen LogP contribution in [0.5, 0.6) is 0 Å². The summed E-state index contributed by atoms with van der Waals surface area (Å²) in [6, 6.07) is 0. The number of fused-ring (bicyclic) bond motifs is 1. The molecule has 0 aromatic rings. The number of hydrogen-bond donors (Lipinski definition) is 0. The summed E-state index contributed by atoms with van der Waals surface area (Å²) in [5.74, 6) is -0.153. The van der Waals surface area contributed by atoms with Crippen molar-refractivity contribution in [2.24, 2.45) is 0 Å². The van der Waals surface area contributed by atoms with Crippen molar-refractivity contribution in [3.63, 3.8) is 0 Å². The molecular formula is C11H16Cl2N2O2. The minimum atomic E-state index is -1.05. The second-order valence-electron chi connectivity index (χ2n) is 4.53. The summed E-state index contributed by atoms with van der Waals surface area (Å²) in [7, 11) is 0. The van der Waals surface area contributed by atoms with Crippen molar-refractivity contribution in [3.8, 4) is 0 Å². The van der Waals surface area contributed by atoms with Gasteiger partial charge in [-0.15, -0.1) is 0 Å². The third kappa shape index (κ3) is 1.91. The molecule has 2 heterocycles. The van der Waals surface area contributed by atoms with E-state index in [-0.39, 0.29) is 11.8 Å². The monoisotopic (exact) mass is 278 g/mol. The van der Waals surface area contributed by atoms with E-state index in [0.717, 1.165) is 19.4 Å². The number of rotatable bonds is 2. The van der Waals surface area contributed by atoms with Crippen molar-refractivity contribution in [2.45, 2.75) is 43.1 Å². The Morgan fingerprint density at radius 1 is 1.47 bits per heavy atom. The zero-order valence-electron chi connectivity index (χ0n) is 9.79. The molecule has 1 atom stereocenters. The first-order valence-electron chi connectivity index (χ1n) is 5.93. The SMILES string of the molecule is CCC12CCC(=O)N1CCCN2C(=O)C(Cl)Cl. The summed E-state index contributed by atoms with van der Waals surface area (Å²) in [6.45, 7) is 3.35. The van der Waals surface area contributed by atoms with Crippen LogP contribution in [0.1, 0.15) is 32.6 Å². The van der Waals surface area contributed by atoms with Crippen molar-refractivity contribution in [1.29, 1.82) is 0 Å². The maximum Gasteiger partial charge on any atom is 0.257 e. The number of nitrogens with zero attached hydrogens (tertiary/aromatic N) is 2. The van der Waals surface area contributed by atoms with E-state index in [4.69, 9.17) is 23.2 Å². The minimum Gasteiger partial charge on any atom is -0.319 e. The average molecular weight is 279 g/mol. The molecular weight excluding hydrogens is 263 g/mol. The van der Waals surface area contributed by atoms with E-state index in [1.54, 1.807) is 4.90 Å². The standard InChI is InChI=1S/C11H16Cl2N2O2/c1-2-11-5-4-8(16)14(11)6-3-7-15(11)10(17)9(12)13/h9H,2-7H2,1H3. The Bertz CT molecular complexity index is 348. The summed E-state index contributed by atoms with van der Waals surface area (Å²) in [5, 5.41) is 0. The Labute approximate surface area is 111 Å². The van der Waals surface area contributed by atoms with Crippen LogP contribution in [0.4, 0.5) is 0 Å². The molecule has 0 spiro atoms. The van der Waals surface area contributed by atoms with Gasteiger partial charge < -0.3 is 9.80 Å². The van der Waals surface area contributed by atoms with E-state index in [9.17, 15) is 9.59 Å². The molecule has 0 N–H and O–H groups in total. The summed E-state index contributed by atoms with van der Waals surface area (Å²) >= 11 is 11.4. The third-order valence-corrected chi connectivity index (χ3v) is 4.20. The van der Waals surface area contributed by atoms with Crippen LogP contribution in [-0.2, 0) is 9.59 Å². The molecule has 2 saturated heterocycles. The highest BCUT2D eigenvalue weighted by Crippen LogP contribution is 2.40. The lowest BCUT2D eigenvalue weighted by Crippen LogP contribution is -2.64. The van der Waals surface area contributed by atoms with Gasteiger partial charge in [-0.2, -0.15) is 0 Å². The number of carbonyl (C=O) groups is 2. The molecule has 2 aliphatic rings. The van der Waals surface area contributed by atoms with E-state index in [2.05, 4.69) is 0 Å². The van der Waals surface area contributed by atoms with Gasteiger partial charge in [-0.3, -0.25) is 9.59 Å². The molecule has 6 heteroatoms. The number of amides is 2. The highest BCUT2D eigenvalue weighted by Gasteiger charge is 2.52. The highest BCUT2D eigenvalue weighted by atomic mass is 35.5. The van der Waals surface area contributed by atoms with Gasteiger partial charge in [0.05, 0.1) is 0 Å². The first kappa shape index (κ1) is 13.0. The first-order chi connectivity index (χ1) is 8.03. The zero-order valence-corrected chi connectivity index (χ0v) is 11.3. The number of alkyl halides is 2. The molecule has 4 nitrogen and oxygen atoms in total. The number of carbonyl (C=O) groups excluding carboxylic acids is 2. The Morgan fingerprint density at radius 2 is 2.18 bits per heavy atom. The molecule has 0 aromatic heterocycles. The Balaban J connectivity index is 2.32. The van der Waals surface area contributed by atoms with Gasteiger partial charge in [0.2, 0.25) is 5.91 Å². The van der Waals surface area contributed by atoms with Crippen molar-refractivity contribution in [2.75, 3.05) is 13.1 Å². The minimum absolute atomic E-state index is 0.130. The second kappa shape index (κ2) is 4.65. The molecule has 2 rings (SSSR count). The largest absolute Gasteiger partial charge is 0.319 e. The van der Waals surface area contributed by atoms with E-state index in [0.29, 0.717) is 19.4 Å². The number of hydrogen-bond acceptors (Lipinski definition) is 2. The maximum atomic E-state index is 12.0. The highest BCUT2D eigenvalue weighted by molar-refractivity contribution is 6.53. The molecule has 96 valence electrons. The molecule has 0 aliphatic carbocycles. The third-order valence-electron chi connectivity index (χ3n) is 3.83. The van der Waals surface area contributed by atoms with Crippen LogP contribution in [0.15, 0.2) is 0 Å². The van der Waals surface area contributed by atoms with Crippen LogP contribution < -0.4 is 0 Å². The van der Waals surface area contributed by atoms with Crippen LogP contribution in [0, 0.1) is 0 Å². The predicted octanol–water partition coefficient (Wildman–Crippen LogP) is 1.75. The fourth-order valence-electron chi connectivity index (χ4n) is 3.01. The average Bonchev–Trinajstić information content (AvgIpc) is 2.66. The molecule has 2 fully saturated rings. The van der Waals surface area contributed by atoms with E-state index >= 15 is 0 Å². The lowest BCUT2D eigenvalue weighted by Gasteiger charge is -2.50. The Morgan fingerprint density at radius 3 is 2.76 bits per heavy atom. The van der Waals surface area contributed by atoms with Crippen molar-refractivity contribution in [1.82, 2.24) is 9.80 Å². The summed E-state index contributed by atoms with van der Waals surface area (Å²) in [5.41, 5.74) is -0.478. The van der Waals surface area contributed by atoms with E-state index < -0.39 is 10.5 Å². The molecule has 0 bridgehead atoms. The van der Waals surface area contributed by atoms with Gasteiger partial charge >= 0.3 is 0 Å². The molecule has 0 saturated carbocycles. The zero-order chi connectivity index (χ0) is 12.6. The fourth-order valence-corrected chi connectivity index (χ4v) is 3.24. The normalized spacial score (nSPS) is 28.8. The lowest BCUT2D eigenvalue weighted by atomic mass is 9.98. The summed E-state index contributed by atoms with van der Waals surface area (Å²) in [4.78, 5) is 26.3. The van der Waals surface area contributed by atoms with Crippen molar-refractivity contribution in [3.05, 3.63) is 0 Å². The molecule has 2 aliphatic heterocycles. The fraction of sp³-hybridized carbons (Fsp3) is 0.818. The van der Waals surface area contributed by atoms with Crippen LogP contribution in [-0.4, -0.2) is 45.2 Å². The molecule has 1 unspecified atom stereocenters. The summed E-state index contributed by atoms with van der Waals surface area (Å²) in [6.07, 6.45) is 2.71. The number of halogens is 2. The Kier molecular flexibility index (Phi) is 3.55. The van der Waals surface area contributed by atoms with Gasteiger partial charge in [-0.25, -0.2) is 0 Å². The lowest BCUT2D eigenvalue weighted by molar-refractivity contribution is -0.156. The molecule has 2 amide bonds. The smallest absolute Gasteiger partial charge is 0.257 e. The van der Waals surface area contributed by atoms with Crippen LogP contribution in [0.2, 0.25) is 0 Å². The summed E-state index contributed by atoms with van der Waals surface area (Å²) < 4.78 is 0.